The zero-order chi connectivity index (χ0) is 20.2. The summed E-state index contributed by atoms with van der Waals surface area (Å²) in [4.78, 5) is 4.36. The van der Waals surface area contributed by atoms with Crippen molar-refractivity contribution in [3.8, 4) is 5.75 Å². The predicted octanol–water partition coefficient (Wildman–Crippen LogP) is 4.35. The fourth-order valence-electron chi connectivity index (χ4n) is 3.34. The van der Waals surface area contributed by atoms with E-state index in [-0.39, 0.29) is 5.82 Å². The summed E-state index contributed by atoms with van der Waals surface area (Å²) in [6, 6.07) is 14.6. The molecule has 0 saturated carbocycles. The molecule has 1 aromatic heterocycles. The third-order valence-electron chi connectivity index (χ3n) is 4.85. The zero-order valence-electron chi connectivity index (χ0n) is 16.0. The minimum atomic E-state index is -0.172. The monoisotopic (exact) mass is 431 g/mol. The second kappa shape index (κ2) is 8.89. The molecule has 1 fully saturated rings. The molecule has 2 heterocycles. The average Bonchev–Trinajstić information content (AvgIpc) is 3.08. The lowest BCUT2D eigenvalue weighted by molar-refractivity contribution is 0.195. The van der Waals surface area contributed by atoms with Crippen molar-refractivity contribution in [2.24, 2.45) is 0 Å². The normalized spacial score (nSPS) is 14.8. The zero-order valence-corrected chi connectivity index (χ0v) is 17.7. The minimum absolute atomic E-state index is 0.172. The second-order valence-corrected chi connectivity index (χ2v) is 8.32. The Labute approximate surface area is 178 Å². The largest absolute Gasteiger partial charge is 0.495 e. The van der Waals surface area contributed by atoms with E-state index in [0.29, 0.717) is 16.3 Å². The second-order valence-electron chi connectivity index (χ2n) is 6.70. The SMILES string of the molecule is COc1ccccc1Nc1nn(CN2CCN(c3ccccc3F)CC2)c(=S)s1. The molecule has 3 aromatic rings. The maximum Gasteiger partial charge on any atom is 0.209 e. The van der Waals surface area contributed by atoms with Crippen molar-refractivity contribution in [3.05, 3.63) is 58.3 Å². The van der Waals surface area contributed by atoms with Gasteiger partial charge < -0.3 is 15.0 Å². The summed E-state index contributed by atoms with van der Waals surface area (Å²) in [5, 5.41) is 8.62. The first-order valence-electron chi connectivity index (χ1n) is 9.34. The van der Waals surface area contributed by atoms with Crippen LogP contribution in [-0.4, -0.2) is 48.0 Å². The molecule has 0 amide bonds. The van der Waals surface area contributed by atoms with Gasteiger partial charge in [0.15, 0.2) is 3.95 Å². The summed E-state index contributed by atoms with van der Waals surface area (Å²) in [6.45, 7) is 3.80. The predicted molar refractivity (Wildman–Crippen MR) is 117 cm³/mol. The summed E-state index contributed by atoms with van der Waals surface area (Å²) < 4.78 is 21.9. The highest BCUT2D eigenvalue weighted by Gasteiger charge is 2.20. The third-order valence-corrected chi connectivity index (χ3v) is 6.08. The van der Waals surface area contributed by atoms with Gasteiger partial charge in [-0.3, -0.25) is 4.90 Å². The first-order chi connectivity index (χ1) is 14.1. The molecular weight excluding hydrogens is 409 g/mol. The van der Waals surface area contributed by atoms with Crippen molar-refractivity contribution in [2.75, 3.05) is 43.5 Å². The van der Waals surface area contributed by atoms with Gasteiger partial charge in [-0.15, -0.1) is 5.10 Å². The molecule has 2 aromatic carbocycles. The lowest BCUT2D eigenvalue weighted by atomic mass is 10.2. The van der Waals surface area contributed by atoms with Crippen molar-refractivity contribution in [2.45, 2.75) is 6.67 Å². The highest BCUT2D eigenvalue weighted by molar-refractivity contribution is 7.73. The van der Waals surface area contributed by atoms with Crippen molar-refractivity contribution >= 4 is 40.1 Å². The van der Waals surface area contributed by atoms with E-state index in [1.54, 1.807) is 13.2 Å². The number of hydrogen-bond donors (Lipinski definition) is 1. The van der Waals surface area contributed by atoms with Crippen molar-refractivity contribution in [1.29, 1.82) is 0 Å². The van der Waals surface area contributed by atoms with Gasteiger partial charge in [-0.2, -0.15) is 0 Å². The number of anilines is 3. The van der Waals surface area contributed by atoms with Crippen LogP contribution in [0.15, 0.2) is 48.5 Å². The molecule has 0 aliphatic carbocycles. The first kappa shape index (κ1) is 19.8. The number of rotatable bonds is 6. The summed E-state index contributed by atoms with van der Waals surface area (Å²) in [5.74, 6) is 0.583. The van der Waals surface area contributed by atoms with E-state index in [0.717, 1.165) is 42.7 Å². The number of methoxy groups -OCH3 is 1. The lowest BCUT2D eigenvalue weighted by Gasteiger charge is -2.35. The molecule has 0 unspecified atom stereocenters. The third kappa shape index (κ3) is 4.58. The van der Waals surface area contributed by atoms with Crippen LogP contribution in [0.1, 0.15) is 0 Å². The maximum absolute atomic E-state index is 14.0. The van der Waals surface area contributed by atoms with Crippen LogP contribution in [0.25, 0.3) is 0 Å². The van der Waals surface area contributed by atoms with E-state index in [1.165, 1.54) is 17.4 Å². The summed E-state index contributed by atoms with van der Waals surface area (Å²) in [5.41, 5.74) is 1.52. The topological polar surface area (TPSA) is 45.6 Å². The Morgan fingerprint density at radius 2 is 1.83 bits per heavy atom. The van der Waals surface area contributed by atoms with Gasteiger partial charge >= 0.3 is 0 Å². The van der Waals surface area contributed by atoms with Gasteiger partial charge in [0.05, 0.1) is 25.2 Å². The van der Waals surface area contributed by atoms with Gasteiger partial charge in [0.1, 0.15) is 11.6 Å². The van der Waals surface area contributed by atoms with Crippen molar-refractivity contribution in [3.63, 3.8) is 0 Å². The van der Waals surface area contributed by atoms with Gasteiger partial charge in [-0.1, -0.05) is 35.6 Å². The number of piperazine rings is 1. The molecule has 6 nitrogen and oxygen atoms in total. The van der Waals surface area contributed by atoms with Crippen LogP contribution in [0.4, 0.5) is 20.9 Å². The first-order valence-corrected chi connectivity index (χ1v) is 10.6. The van der Waals surface area contributed by atoms with Crippen molar-refractivity contribution < 1.29 is 9.13 Å². The molecular formula is C20H22FN5OS2. The number of hydrogen-bond acceptors (Lipinski definition) is 7. The highest BCUT2D eigenvalue weighted by Crippen LogP contribution is 2.28. The van der Waals surface area contributed by atoms with E-state index >= 15 is 0 Å². The molecule has 0 radical (unpaired) electrons. The number of nitrogens with one attached hydrogen (secondary N) is 1. The molecule has 1 saturated heterocycles. The molecule has 1 aliphatic rings. The highest BCUT2D eigenvalue weighted by atomic mass is 32.1. The Kier molecular flexibility index (Phi) is 6.08. The summed E-state index contributed by atoms with van der Waals surface area (Å²) >= 11 is 6.93. The van der Waals surface area contributed by atoms with Gasteiger partial charge in [0.2, 0.25) is 5.13 Å². The Bertz CT molecular complexity index is 1030. The van der Waals surface area contributed by atoms with Crippen LogP contribution >= 0.6 is 23.6 Å². The Balaban J connectivity index is 1.38. The fraction of sp³-hybridized carbons (Fsp3) is 0.300. The standard InChI is InChI=1S/C20H22FN5OS2/c1-27-18-9-5-3-7-16(18)22-19-23-26(20(28)29-19)14-24-10-12-25(13-11-24)17-8-4-2-6-15(17)21/h2-9H,10-14H2,1H3,(H,22,23). The Morgan fingerprint density at radius 1 is 1.10 bits per heavy atom. The number of nitrogens with zero attached hydrogens (tertiary/aromatic N) is 4. The van der Waals surface area contributed by atoms with Gasteiger partial charge in [-0.05, 0) is 36.5 Å². The van der Waals surface area contributed by atoms with Crippen LogP contribution in [0.2, 0.25) is 0 Å². The minimum Gasteiger partial charge on any atom is -0.495 e. The number of halogens is 1. The van der Waals surface area contributed by atoms with Crippen LogP contribution in [0, 0.1) is 9.77 Å². The van der Waals surface area contributed by atoms with Crippen molar-refractivity contribution in [1.82, 2.24) is 14.7 Å². The lowest BCUT2D eigenvalue weighted by Crippen LogP contribution is -2.47. The van der Waals surface area contributed by atoms with E-state index in [9.17, 15) is 4.39 Å². The molecule has 1 N–H and O–H groups in total. The van der Waals surface area contributed by atoms with Crippen LogP contribution in [0.5, 0.6) is 5.75 Å². The average molecular weight is 432 g/mol. The molecule has 0 spiro atoms. The quantitative estimate of drug-likeness (QED) is 0.586. The van der Waals surface area contributed by atoms with E-state index in [2.05, 4.69) is 20.2 Å². The van der Waals surface area contributed by atoms with Crippen LogP contribution in [0.3, 0.4) is 0 Å². The smallest absolute Gasteiger partial charge is 0.209 e. The molecule has 1 aliphatic heterocycles. The van der Waals surface area contributed by atoms with Gasteiger partial charge in [0.25, 0.3) is 0 Å². The molecule has 0 atom stereocenters. The number of benzene rings is 2. The van der Waals surface area contributed by atoms with E-state index < -0.39 is 0 Å². The van der Waals surface area contributed by atoms with E-state index in [4.69, 9.17) is 17.0 Å². The molecule has 0 bridgehead atoms. The molecule has 152 valence electrons. The Morgan fingerprint density at radius 3 is 2.59 bits per heavy atom. The molecule has 9 heteroatoms. The fourth-order valence-corrected chi connectivity index (χ4v) is 4.34. The van der Waals surface area contributed by atoms with Gasteiger partial charge in [-0.25, -0.2) is 9.07 Å². The molecule has 4 rings (SSSR count). The Hall–Kier alpha value is -2.49. The number of para-hydroxylation sites is 3. The number of ether oxygens (including phenoxy) is 1. The molecule has 29 heavy (non-hydrogen) atoms. The van der Waals surface area contributed by atoms with E-state index in [1.807, 2.05) is 41.1 Å². The van der Waals surface area contributed by atoms with Crippen LogP contribution in [-0.2, 0) is 6.67 Å². The summed E-state index contributed by atoms with van der Waals surface area (Å²) in [6.07, 6.45) is 0. The maximum atomic E-state index is 14.0. The van der Waals surface area contributed by atoms with Gasteiger partial charge in [0, 0.05) is 26.2 Å². The van der Waals surface area contributed by atoms with Crippen LogP contribution < -0.4 is 15.0 Å². The number of aromatic nitrogens is 2. The summed E-state index contributed by atoms with van der Waals surface area (Å²) in [7, 11) is 1.64.